The fourth-order valence-corrected chi connectivity index (χ4v) is 3.33. The molecule has 2 N–H and O–H groups in total. The number of hydrogen-bond donors (Lipinski definition) is 1. The third kappa shape index (κ3) is 3.28. The van der Waals surface area contributed by atoms with Gasteiger partial charge < -0.3 is 5.73 Å². The Hall–Kier alpha value is 0.1000. The van der Waals surface area contributed by atoms with Gasteiger partial charge in [0.25, 0.3) is 0 Å². The molecule has 0 fully saturated rings. The number of thiophene rings is 1. The molecule has 0 aliphatic rings. The smallest absolute Gasteiger partial charge is 0.0702 e. The molecule has 0 bridgehead atoms. The van der Waals surface area contributed by atoms with Crippen LogP contribution in [0.5, 0.6) is 0 Å². The van der Waals surface area contributed by atoms with Gasteiger partial charge in [-0.2, -0.15) is 0 Å². The first-order valence-corrected chi connectivity index (χ1v) is 6.92. The van der Waals surface area contributed by atoms with Crippen LogP contribution in [0.1, 0.15) is 31.2 Å². The predicted octanol–water partition coefficient (Wildman–Crippen LogP) is 3.24. The van der Waals surface area contributed by atoms with Crippen LogP contribution in [0.3, 0.4) is 0 Å². The summed E-state index contributed by atoms with van der Waals surface area (Å²) < 4.78 is 1.18. The Balaban J connectivity index is 2.90. The van der Waals surface area contributed by atoms with Gasteiger partial charge in [-0.1, -0.05) is 13.8 Å². The molecule has 2 atom stereocenters. The predicted molar refractivity (Wildman–Crippen MR) is 71.3 cm³/mol. The van der Waals surface area contributed by atoms with Gasteiger partial charge >= 0.3 is 0 Å². The fraction of sp³-hybridized carbons (Fsp3) is 0.636. The lowest BCUT2D eigenvalue weighted by Gasteiger charge is -2.30. The van der Waals surface area contributed by atoms with E-state index in [-0.39, 0.29) is 6.04 Å². The van der Waals surface area contributed by atoms with Crippen molar-refractivity contribution in [1.82, 2.24) is 4.90 Å². The SMILES string of the molecule is CCC(N)C(c1ccc(Br)s1)N(C)CC. The summed E-state index contributed by atoms with van der Waals surface area (Å²) in [5.41, 5.74) is 6.18. The zero-order valence-corrected chi connectivity index (χ0v) is 11.9. The first-order valence-electron chi connectivity index (χ1n) is 5.31. The molecule has 0 saturated heterocycles. The Morgan fingerprint density at radius 1 is 1.47 bits per heavy atom. The summed E-state index contributed by atoms with van der Waals surface area (Å²) >= 11 is 5.28. The van der Waals surface area contributed by atoms with Crippen molar-refractivity contribution in [3.05, 3.63) is 20.8 Å². The zero-order valence-electron chi connectivity index (χ0n) is 9.53. The molecule has 0 aliphatic heterocycles. The average molecular weight is 291 g/mol. The molecule has 2 unspecified atom stereocenters. The van der Waals surface area contributed by atoms with Gasteiger partial charge in [-0.3, -0.25) is 4.90 Å². The highest BCUT2D eigenvalue weighted by Crippen LogP contribution is 2.32. The highest BCUT2D eigenvalue weighted by molar-refractivity contribution is 9.11. The molecular weight excluding hydrogens is 272 g/mol. The number of halogens is 1. The lowest BCUT2D eigenvalue weighted by Crippen LogP contribution is -2.38. The van der Waals surface area contributed by atoms with Gasteiger partial charge in [-0.05, 0) is 48.1 Å². The van der Waals surface area contributed by atoms with Crippen molar-refractivity contribution in [1.29, 1.82) is 0 Å². The summed E-state index contributed by atoms with van der Waals surface area (Å²) in [6.07, 6.45) is 1.00. The average Bonchev–Trinajstić information content (AvgIpc) is 2.64. The minimum Gasteiger partial charge on any atom is -0.326 e. The summed E-state index contributed by atoms with van der Waals surface area (Å²) in [6.45, 7) is 5.33. The Morgan fingerprint density at radius 3 is 2.53 bits per heavy atom. The Kier molecular flexibility index (Phi) is 5.26. The largest absolute Gasteiger partial charge is 0.326 e. The van der Waals surface area contributed by atoms with Gasteiger partial charge in [0.1, 0.15) is 0 Å². The van der Waals surface area contributed by atoms with Crippen molar-refractivity contribution in [2.24, 2.45) is 5.73 Å². The van der Waals surface area contributed by atoms with E-state index in [0.29, 0.717) is 6.04 Å². The fourth-order valence-electron chi connectivity index (χ4n) is 1.66. The van der Waals surface area contributed by atoms with Gasteiger partial charge in [0.2, 0.25) is 0 Å². The van der Waals surface area contributed by atoms with Crippen molar-refractivity contribution in [3.8, 4) is 0 Å². The quantitative estimate of drug-likeness (QED) is 0.902. The van der Waals surface area contributed by atoms with Crippen LogP contribution in [0.2, 0.25) is 0 Å². The van der Waals surface area contributed by atoms with Crippen LogP contribution in [0, 0.1) is 0 Å². The highest BCUT2D eigenvalue weighted by Gasteiger charge is 2.23. The van der Waals surface area contributed by atoms with E-state index in [1.807, 2.05) is 0 Å². The van der Waals surface area contributed by atoms with E-state index in [2.05, 4.69) is 53.9 Å². The number of nitrogens with two attached hydrogens (primary N) is 1. The first-order chi connectivity index (χ1) is 7.10. The van der Waals surface area contributed by atoms with Gasteiger partial charge in [-0.15, -0.1) is 11.3 Å². The maximum Gasteiger partial charge on any atom is 0.0702 e. The summed E-state index contributed by atoms with van der Waals surface area (Å²) in [5.74, 6) is 0. The molecule has 0 spiro atoms. The van der Waals surface area contributed by atoms with Crippen LogP contribution in [-0.2, 0) is 0 Å². The zero-order chi connectivity index (χ0) is 11.4. The number of hydrogen-bond acceptors (Lipinski definition) is 3. The van der Waals surface area contributed by atoms with Crippen molar-refractivity contribution < 1.29 is 0 Å². The molecule has 2 nitrogen and oxygen atoms in total. The first kappa shape index (κ1) is 13.2. The maximum atomic E-state index is 6.18. The Labute approximate surface area is 105 Å². The van der Waals surface area contributed by atoms with E-state index in [0.717, 1.165) is 13.0 Å². The normalized spacial score (nSPS) is 15.6. The van der Waals surface area contributed by atoms with Crippen LogP contribution in [0.25, 0.3) is 0 Å². The van der Waals surface area contributed by atoms with Gasteiger partial charge in [-0.25, -0.2) is 0 Å². The molecular formula is C11H19BrN2S. The molecule has 1 aromatic heterocycles. The molecule has 0 radical (unpaired) electrons. The monoisotopic (exact) mass is 290 g/mol. The molecule has 4 heteroatoms. The van der Waals surface area contributed by atoms with E-state index >= 15 is 0 Å². The molecule has 86 valence electrons. The third-order valence-electron chi connectivity index (χ3n) is 2.74. The molecule has 1 rings (SSSR count). The second kappa shape index (κ2) is 5.99. The van der Waals surface area contributed by atoms with Crippen LogP contribution >= 0.6 is 27.3 Å². The third-order valence-corrected chi connectivity index (χ3v) is 4.43. The standard InChI is InChI=1S/C11H19BrN2S/c1-4-8(13)11(14(3)5-2)9-6-7-10(12)15-9/h6-8,11H,4-5,13H2,1-3H3. The second-order valence-corrected chi connectivity index (χ2v) is 6.23. The summed E-state index contributed by atoms with van der Waals surface area (Å²) in [6, 6.07) is 4.82. The minimum absolute atomic E-state index is 0.209. The number of nitrogens with zero attached hydrogens (tertiary/aromatic N) is 1. The molecule has 1 heterocycles. The van der Waals surface area contributed by atoms with Gasteiger partial charge in [0.05, 0.1) is 9.83 Å². The Morgan fingerprint density at radius 2 is 2.13 bits per heavy atom. The van der Waals surface area contributed by atoms with Gasteiger partial charge in [0.15, 0.2) is 0 Å². The van der Waals surface area contributed by atoms with Crippen LogP contribution in [0.4, 0.5) is 0 Å². The molecule has 0 aromatic carbocycles. The van der Waals surface area contributed by atoms with Crippen molar-refractivity contribution in [2.45, 2.75) is 32.4 Å². The molecule has 0 aliphatic carbocycles. The van der Waals surface area contributed by atoms with E-state index < -0.39 is 0 Å². The van der Waals surface area contributed by atoms with E-state index in [4.69, 9.17) is 5.73 Å². The van der Waals surface area contributed by atoms with Crippen LogP contribution in [0.15, 0.2) is 15.9 Å². The van der Waals surface area contributed by atoms with Crippen LogP contribution < -0.4 is 5.73 Å². The lowest BCUT2D eigenvalue weighted by molar-refractivity contribution is 0.223. The number of likely N-dealkylation sites (N-methyl/N-ethyl adjacent to an activating group) is 1. The van der Waals surface area contributed by atoms with Crippen molar-refractivity contribution in [3.63, 3.8) is 0 Å². The van der Waals surface area contributed by atoms with E-state index in [1.54, 1.807) is 11.3 Å². The minimum atomic E-state index is 0.209. The van der Waals surface area contributed by atoms with Crippen LogP contribution in [-0.4, -0.2) is 24.5 Å². The van der Waals surface area contributed by atoms with Crippen molar-refractivity contribution in [2.75, 3.05) is 13.6 Å². The summed E-state index contributed by atoms with van der Waals surface area (Å²) in [5, 5.41) is 0. The molecule has 0 saturated carbocycles. The van der Waals surface area contributed by atoms with Crippen molar-refractivity contribution >= 4 is 27.3 Å². The summed E-state index contributed by atoms with van der Waals surface area (Å²) in [7, 11) is 2.13. The Bertz CT molecular complexity index is 291. The lowest BCUT2D eigenvalue weighted by atomic mass is 10.0. The van der Waals surface area contributed by atoms with Gasteiger partial charge in [0, 0.05) is 10.9 Å². The van der Waals surface area contributed by atoms with E-state index in [9.17, 15) is 0 Å². The maximum absolute atomic E-state index is 6.18. The molecule has 1 aromatic rings. The summed E-state index contributed by atoms with van der Waals surface area (Å²) in [4.78, 5) is 3.66. The second-order valence-electron chi connectivity index (χ2n) is 3.73. The van der Waals surface area contributed by atoms with E-state index in [1.165, 1.54) is 8.66 Å². The molecule has 0 amide bonds. The molecule has 15 heavy (non-hydrogen) atoms. The highest BCUT2D eigenvalue weighted by atomic mass is 79.9. The number of rotatable bonds is 5. The topological polar surface area (TPSA) is 29.3 Å².